The van der Waals surface area contributed by atoms with E-state index >= 15 is 0 Å². The Kier molecular flexibility index (Phi) is 9.09. The highest BCUT2D eigenvalue weighted by atomic mass is 127. The molecule has 0 bridgehead atoms. The van der Waals surface area contributed by atoms with Gasteiger partial charge in [-0.15, -0.1) is 0 Å². The maximum Gasteiger partial charge on any atom is 0.240 e. The lowest BCUT2D eigenvalue weighted by Gasteiger charge is -2.18. The number of carbonyl (C=O) groups excluding carboxylic acids is 1. The topological polar surface area (TPSA) is 103 Å². The molecular formula is C21H30IN5O3. The van der Waals surface area contributed by atoms with Crippen molar-refractivity contribution in [2.45, 2.75) is 40.0 Å². The lowest BCUT2D eigenvalue weighted by Crippen LogP contribution is -2.34. The van der Waals surface area contributed by atoms with E-state index in [9.17, 15) is 4.79 Å². The highest BCUT2D eigenvalue weighted by molar-refractivity contribution is 14.1. The average Bonchev–Trinajstić information content (AvgIpc) is 2.69. The lowest BCUT2D eigenvalue weighted by atomic mass is 10.0. The fraction of sp³-hybridized carbons (Fsp3) is 0.476. The molecule has 3 N–H and O–H groups in total. The van der Waals surface area contributed by atoms with Crippen LogP contribution in [0.3, 0.4) is 0 Å². The van der Waals surface area contributed by atoms with E-state index in [4.69, 9.17) is 15.2 Å². The lowest BCUT2D eigenvalue weighted by molar-refractivity contribution is -0.117. The highest BCUT2D eigenvalue weighted by Gasteiger charge is 2.16. The first kappa shape index (κ1) is 24.1. The number of nitrogens with zero attached hydrogens (tertiary/aromatic N) is 3. The highest BCUT2D eigenvalue weighted by Crippen LogP contribution is 2.37. The van der Waals surface area contributed by atoms with E-state index in [1.54, 1.807) is 7.11 Å². The number of rotatable bonds is 10. The van der Waals surface area contributed by atoms with E-state index in [0.29, 0.717) is 11.5 Å². The zero-order valence-electron chi connectivity index (χ0n) is 18.2. The molecule has 0 unspecified atom stereocenters. The summed E-state index contributed by atoms with van der Waals surface area (Å²) in [5.74, 6) is 2.14. The van der Waals surface area contributed by atoms with Gasteiger partial charge in [0.05, 0.1) is 23.4 Å². The molecule has 0 atom stereocenters. The number of nitrogen functional groups attached to an aromatic ring is 1. The van der Waals surface area contributed by atoms with Crippen LogP contribution in [-0.4, -0.2) is 47.5 Å². The Morgan fingerprint density at radius 3 is 2.57 bits per heavy atom. The second kappa shape index (κ2) is 11.3. The van der Waals surface area contributed by atoms with Gasteiger partial charge in [0.2, 0.25) is 11.9 Å². The summed E-state index contributed by atoms with van der Waals surface area (Å²) in [5, 5.41) is 2.69. The van der Waals surface area contributed by atoms with Gasteiger partial charge >= 0.3 is 0 Å². The molecule has 9 heteroatoms. The Hall–Kier alpha value is -2.14. The van der Waals surface area contributed by atoms with Crippen molar-refractivity contribution in [3.63, 3.8) is 0 Å². The fourth-order valence-corrected chi connectivity index (χ4v) is 3.58. The summed E-state index contributed by atoms with van der Waals surface area (Å²) in [4.78, 5) is 22.7. The van der Waals surface area contributed by atoms with Gasteiger partial charge in [0.1, 0.15) is 11.5 Å². The number of nitrogens with one attached hydrogen (secondary N) is 1. The molecule has 8 nitrogen and oxygen atoms in total. The van der Waals surface area contributed by atoms with E-state index in [1.165, 1.54) is 6.20 Å². The molecule has 2 rings (SSSR count). The average molecular weight is 527 g/mol. The Bertz CT molecular complexity index is 876. The maximum atomic E-state index is 12.2. The number of likely N-dealkylation sites (N-methyl/N-ethyl adjacent to an activating group) is 1. The van der Waals surface area contributed by atoms with Crippen LogP contribution in [0.15, 0.2) is 18.3 Å². The number of hydrogen-bond donors (Lipinski definition) is 2. The summed E-state index contributed by atoms with van der Waals surface area (Å²) >= 11 is 2.20. The van der Waals surface area contributed by atoms with Crippen LogP contribution in [-0.2, 0) is 4.79 Å². The van der Waals surface area contributed by atoms with Gasteiger partial charge in [0.15, 0.2) is 11.6 Å². The summed E-state index contributed by atoms with van der Waals surface area (Å²) in [6.45, 7) is 10.2. The summed E-state index contributed by atoms with van der Waals surface area (Å²) in [6.07, 6.45) is 2.46. The molecule has 0 fully saturated rings. The van der Waals surface area contributed by atoms with Crippen molar-refractivity contribution in [2.75, 3.05) is 37.8 Å². The molecule has 0 saturated heterocycles. The van der Waals surface area contributed by atoms with Crippen molar-refractivity contribution in [2.24, 2.45) is 0 Å². The summed E-state index contributed by atoms with van der Waals surface area (Å²) in [5.41, 5.74) is 7.06. The second-order valence-corrected chi connectivity index (χ2v) is 8.30. The molecule has 0 radical (unpaired) electrons. The number of hydrogen-bond acceptors (Lipinski definition) is 7. The molecule has 1 aromatic heterocycles. The first-order chi connectivity index (χ1) is 14.3. The summed E-state index contributed by atoms with van der Waals surface area (Å²) in [6, 6.07) is 3.86. The molecule has 1 aromatic carbocycles. The van der Waals surface area contributed by atoms with Gasteiger partial charge in [-0.2, -0.15) is 4.98 Å². The Morgan fingerprint density at radius 2 is 2.00 bits per heavy atom. The minimum Gasteiger partial charge on any atom is -0.496 e. The van der Waals surface area contributed by atoms with Crippen molar-refractivity contribution < 1.29 is 14.3 Å². The largest absolute Gasteiger partial charge is 0.496 e. The minimum atomic E-state index is -0.176. The van der Waals surface area contributed by atoms with E-state index in [-0.39, 0.29) is 30.1 Å². The van der Waals surface area contributed by atoms with Crippen molar-refractivity contribution >= 4 is 40.3 Å². The van der Waals surface area contributed by atoms with E-state index in [0.717, 1.165) is 34.4 Å². The van der Waals surface area contributed by atoms with E-state index in [1.807, 2.05) is 19.1 Å². The molecule has 1 amide bonds. The molecule has 1 heterocycles. The minimum absolute atomic E-state index is 0.154. The van der Waals surface area contributed by atoms with Crippen LogP contribution in [0.25, 0.3) is 0 Å². The molecule has 164 valence electrons. The third-order valence-electron chi connectivity index (χ3n) is 4.51. The molecule has 0 aliphatic heterocycles. The van der Waals surface area contributed by atoms with Gasteiger partial charge in [-0.3, -0.25) is 15.0 Å². The number of aromatic nitrogens is 2. The Morgan fingerprint density at radius 1 is 1.27 bits per heavy atom. The molecule has 0 aliphatic rings. The van der Waals surface area contributed by atoms with E-state index < -0.39 is 0 Å². The van der Waals surface area contributed by atoms with Gasteiger partial charge in [-0.25, -0.2) is 4.98 Å². The zero-order valence-corrected chi connectivity index (χ0v) is 20.3. The van der Waals surface area contributed by atoms with Crippen molar-refractivity contribution in [3.05, 3.63) is 27.5 Å². The van der Waals surface area contributed by atoms with Crippen LogP contribution in [0.1, 0.15) is 45.6 Å². The predicted molar refractivity (Wildman–Crippen MR) is 127 cm³/mol. The molecule has 2 aromatic rings. The van der Waals surface area contributed by atoms with Crippen LogP contribution in [0.2, 0.25) is 0 Å². The molecule has 0 saturated carbocycles. The number of amides is 1. The monoisotopic (exact) mass is 527 g/mol. The van der Waals surface area contributed by atoms with Gasteiger partial charge < -0.3 is 15.2 Å². The van der Waals surface area contributed by atoms with Gasteiger partial charge in [0.25, 0.3) is 0 Å². The van der Waals surface area contributed by atoms with Crippen LogP contribution in [0.5, 0.6) is 17.2 Å². The van der Waals surface area contributed by atoms with Crippen LogP contribution in [0, 0.1) is 3.57 Å². The standard InChI is InChI=1S/C21H30IN5O3/c1-6-8-27(7-2)12-19(28)25-21-24-11-18(20(23)26-21)30-16-10-15(22)17(29-5)9-14(16)13(3)4/h9-11,13H,6-8,12H2,1-5H3,(H3,23,24,25,26,28). The SMILES string of the molecule is CCCN(CC)CC(=O)Nc1ncc(Oc2cc(I)c(OC)cc2C(C)C)c(N)n1. The third-order valence-corrected chi connectivity index (χ3v) is 5.36. The molecular weight excluding hydrogens is 497 g/mol. The number of ether oxygens (including phenoxy) is 2. The quantitative estimate of drug-likeness (QED) is 0.446. The zero-order chi connectivity index (χ0) is 22.3. The van der Waals surface area contributed by atoms with Crippen LogP contribution < -0.4 is 20.5 Å². The third kappa shape index (κ3) is 6.43. The molecule has 0 spiro atoms. The summed E-state index contributed by atoms with van der Waals surface area (Å²) in [7, 11) is 1.64. The van der Waals surface area contributed by atoms with Crippen LogP contribution >= 0.6 is 22.6 Å². The number of carbonyl (C=O) groups is 1. The smallest absolute Gasteiger partial charge is 0.240 e. The van der Waals surface area contributed by atoms with Gasteiger partial charge in [0, 0.05) is 5.56 Å². The Labute approximate surface area is 191 Å². The van der Waals surface area contributed by atoms with Gasteiger partial charge in [-0.05, 0) is 60.2 Å². The number of anilines is 2. The second-order valence-electron chi connectivity index (χ2n) is 7.14. The van der Waals surface area contributed by atoms with Gasteiger partial charge in [-0.1, -0.05) is 27.7 Å². The normalized spacial score (nSPS) is 11.1. The Balaban J connectivity index is 2.16. The van der Waals surface area contributed by atoms with E-state index in [2.05, 4.69) is 63.5 Å². The fourth-order valence-electron chi connectivity index (χ4n) is 2.92. The van der Waals surface area contributed by atoms with Crippen molar-refractivity contribution in [1.29, 1.82) is 0 Å². The first-order valence-corrected chi connectivity index (χ1v) is 11.1. The number of nitrogens with two attached hydrogens (primary N) is 1. The number of halogens is 1. The molecule has 30 heavy (non-hydrogen) atoms. The number of benzene rings is 1. The van der Waals surface area contributed by atoms with Crippen LogP contribution in [0.4, 0.5) is 11.8 Å². The van der Waals surface area contributed by atoms with Crippen molar-refractivity contribution in [3.8, 4) is 17.2 Å². The predicted octanol–water partition coefficient (Wildman–Crippen LogP) is 4.26. The number of methoxy groups -OCH3 is 1. The first-order valence-electron chi connectivity index (χ1n) is 9.98. The van der Waals surface area contributed by atoms with Crippen molar-refractivity contribution in [1.82, 2.24) is 14.9 Å². The maximum absolute atomic E-state index is 12.2. The summed E-state index contributed by atoms with van der Waals surface area (Å²) < 4.78 is 12.4. The molecule has 0 aliphatic carbocycles.